The van der Waals surface area contributed by atoms with Crippen molar-refractivity contribution in [2.75, 3.05) is 20.2 Å². The SMILES string of the molecule is COC(C(=O)NCC(C)(C)CNC(=O)CC(N)Cc1cc(F)ccc1F)C(N)Cc1ccccc1. The largest absolute Gasteiger partial charge is 0.370 e. The van der Waals surface area contributed by atoms with Crippen LogP contribution in [0.3, 0.4) is 0 Å². The van der Waals surface area contributed by atoms with E-state index in [4.69, 9.17) is 16.2 Å². The molecule has 3 atom stereocenters. The fraction of sp³-hybridized carbons (Fsp3) is 0.462. The van der Waals surface area contributed by atoms with Gasteiger partial charge in [0.15, 0.2) is 6.10 Å². The van der Waals surface area contributed by atoms with Crippen LogP contribution in [0.1, 0.15) is 31.4 Å². The number of halogens is 2. The van der Waals surface area contributed by atoms with Gasteiger partial charge in [-0.25, -0.2) is 8.78 Å². The average Bonchev–Trinajstić information content (AvgIpc) is 2.80. The Morgan fingerprint density at radius 3 is 2.31 bits per heavy atom. The summed E-state index contributed by atoms with van der Waals surface area (Å²) >= 11 is 0. The Bertz CT molecular complexity index is 972. The van der Waals surface area contributed by atoms with Crippen molar-refractivity contribution < 1.29 is 23.1 Å². The first kappa shape index (κ1) is 28.4. The second-order valence-corrected chi connectivity index (χ2v) is 9.57. The molecule has 6 N–H and O–H groups in total. The first-order valence-corrected chi connectivity index (χ1v) is 11.6. The molecule has 0 aliphatic rings. The Kier molecular flexibility index (Phi) is 10.8. The summed E-state index contributed by atoms with van der Waals surface area (Å²) in [5.41, 5.74) is 12.9. The van der Waals surface area contributed by atoms with Crippen LogP contribution >= 0.6 is 0 Å². The number of rotatable bonds is 13. The van der Waals surface area contributed by atoms with E-state index >= 15 is 0 Å². The van der Waals surface area contributed by atoms with E-state index < -0.39 is 35.2 Å². The molecule has 0 radical (unpaired) electrons. The summed E-state index contributed by atoms with van der Waals surface area (Å²) in [6, 6.07) is 11.6. The van der Waals surface area contributed by atoms with Crippen LogP contribution in [-0.2, 0) is 27.2 Å². The van der Waals surface area contributed by atoms with Crippen molar-refractivity contribution in [3.63, 3.8) is 0 Å². The van der Waals surface area contributed by atoms with Crippen LogP contribution in [0, 0.1) is 17.0 Å². The third-order valence-corrected chi connectivity index (χ3v) is 5.66. The molecule has 0 aliphatic heterocycles. The molecule has 3 unspecified atom stereocenters. The van der Waals surface area contributed by atoms with Crippen LogP contribution in [0.15, 0.2) is 48.5 Å². The molecule has 0 fully saturated rings. The van der Waals surface area contributed by atoms with Crippen molar-refractivity contribution in [1.29, 1.82) is 0 Å². The van der Waals surface area contributed by atoms with Crippen molar-refractivity contribution in [2.45, 2.75) is 51.3 Å². The van der Waals surface area contributed by atoms with Crippen molar-refractivity contribution in [3.8, 4) is 0 Å². The maximum absolute atomic E-state index is 13.8. The highest BCUT2D eigenvalue weighted by molar-refractivity contribution is 5.81. The lowest BCUT2D eigenvalue weighted by atomic mass is 9.92. The Balaban J connectivity index is 1.78. The molecule has 7 nitrogen and oxygen atoms in total. The van der Waals surface area contributed by atoms with E-state index in [0.29, 0.717) is 6.42 Å². The number of carbonyl (C=O) groups excluding carboxylic acids is 2. The molecule has 0 aromatic heterocycles. The number of amides is 2. The van der Waals surface area contributed by atoms with Gasteiger partial charge in [-0.05, 0) is 47.6 Å². The number of methoxy groups -OCH3 is 1. The number of benzene rings is 2. The molecule has 0 heterocycles. The number of nitrogens with one attached hydrogen (secondary N) is 2. The molecule has 0 spiro atoms. The summed E-state index contributed by atoms with van der Waals surface area (Å²) in [4.78, 5) is 25.0. The Hall–Kier alpha value is -2.88. The minimum absolute atomic E-state index is 0.0398. The summed E-state index contributed by atoms with van der Waals surface area (Å²) in [7, 11) is 1.44. The lowest BCUT2D eigenvalue weighted by molar-refractivity contribution is -0.132. The quantitative estimate of drug-likeness (QED) is 0.343. The number of carbonyl (C=O) groups is 2. The van der Waals surface area contributed by atoms with Gasteiger partial charge in [0.25, 0.3) is 5.91 Å². The van der Waals surface area contributed by atoms with Gasteiger partial charge >= 0.3 is 0 Å². The fourth-order valence-electron chi connectivity index (χ4n) is 3.66. The summed E-state index contributed by atoms with van der Waals surface area (Å²) in [6.45, 7) is 4.34. The van der Waals surface area contributed by atoms with Gasteiger partial charge < -0.3 is 26.8 Å². The van der Waals surface area contributed by atoms with Crippen molar-refractivity contribution >= 4 is 11.8 Å². The predicted octanol–water partition coefficient (Wildman–Crippen LogP) is 2.07. The zero-order valence-corrected chi connectivity index (χ0v) is 20.5. The molecule has 35 heavy (non-hydrogen) atoms. The first-order chi connectivity index (χ1) is 16.5. The van der Waals surface area contributed by atoms with Crippen LogP contribution in [0.5, 0.6) is 0 Å². The third kappa shape index (κ3) is 9.71. The highest BCUT2D eigenvalue weighted by Crippen LogP contribution is 2.15. The van der Waals surface area contributed by atoms with E-state index in [0.717, 1.165) is 23.8 Å². The normalized spacial score (nSPS) is 14.1. The van der Waals surface area contributed by atoms with Crippen molar-refractivity contribution in [3.05, 3.63) is 71.3 Å². The number of hydrogen-bond donors (Lipinski definition) is 4. The van der Waals surface area contributed by atoms with Crippen LogP contribution < -0.4 is 22.1 Å². The van der Waals surface area contributed by atoms with E-state index in [1.807, 2.05) is 44.2 Å². The van der Waals surface area contributed by atoms with E-state index in [1.165, 1.54) is 7.11 Å². The predicted molar refractivity (Wildman–Crippen MR) is 131 cm³/mol. The van der Waals surface area contributed by atoms with E-state index in [1.54, 1.807) is 0 Å². The molecule has 2 aromatic rings. The Labute approximate surface area is 205 Å². The smallest absolute Gasteiger partial charge is 0.250 e. The zero-order valence-electron chi connectivity index (χ0n) is 20.5. The minimum atomic E-state index is -0.818. The zero-order chi connectivity index (χ0) is 26.0. The number of ether oxygens (including phenoxy) is 1. The van der Waals surface area contributed by atoms with Gasteiger partial charge in [-0.2, -0.15) is 0 Å². The average molecular weight is 491 g/mol. The topological polar surface area (TPSA) is 119 Å². The highest BCUT2D eigenvalue weighted by Gasteiger charge is 2.28. The van der Waals surface area contributed by atoms with Gasteiger partial charge in [0.05, 0.1) is 0 Å². The maximum atomic E-state index is 13.8. The monoisotopic (exact) mass is 490 g/mol. The molecule has 2 amide bonds. The minimum Gasteiger partial charge on any atom is -0.370 e. The number of hydrogen-bond acceptors (Lipinski definition) is 5. The van der Waals surface area contributed by atoms with Crippen LogP contribution in [0.25, 0.3) is 0 Å². The molecule has 9 heteroatoms. The lowest BCUT2D eigenvalue weighted by Gasteiger charge is -2.28. The van der Waals surface area contributed by atoms with Gasteiger partial charge in [-0.15, -0.1) is 0 Å². The van der Waals surface area contributed by atoms with Gasteiger partial charge in [-0.3, -0.25) is 9.59 Å². The highest BCUT2D eigenvalue weighted by atomic mass is 19.1. The maximum Gasteiger partial charge on any atom is 0.250 e. The second kappa shape index (κ2) is 13.3. The molecule has 0 saturated carbocycles. The standard InChI is InChI=1S/C26H36F2N4O3/c1-26(2,15-31-23(33)14-20(29)13-18-12-19(27)9-10-21(18)28)16-32-25(34)24(35-3)22(30)11-17-7-5-4-6-8-17/h4-10,12,20,22,24H,11,13-16,29-30H2,1-3H3,(H,31,33)(H,32,34). The summed E-state index contributed by atoms with van der Waals surface area (Å²) in [5, 5.41) is 5.65. The van der Waals surface area contributed by atoms with E-state index in [9.17, 15) is 18.4 Å². The molecular formula is C26H36F2N4O3. The summed E-state index contributed by atoms with van der Waals surface area (Å²) in [5.74, 6) is -1.75. The third-order valence-electron chi connectivity index (χ3n) is 5.66. The molecule has 192 valence electrons. The van der Waals surface area contributed by atoms with Crippen LogP contribution in [-0.4, -0.2) is 50.2 Å². The van der Waals surface area contributed by atoms with Crippen LogP contribution in [0.2, 0.25) is 0 Å². The van der Waals surface area contributed by atoms with Gasteiger partial charge in [0.2, 0.25) is 5.91 Å². The molecule has 2 rings (SSSR count). The molecule has 2 aromatic carbocycles. The van der Waals surface area contributed by atoms with Crippen LogP contribution in [0.4, 0.5) is 8.78 Å². The number of nitrogens with two attached hydrogens (primary N) is 2. The Morgan fingerprint density at radius 1 is 1.00 bits per heavy atom. The summed E-state index contributed by atoms with van der Waals surface area (Å²) < 4.78 is 32.5. The fourth-order valence-corrected chi connectivity index (χ4v) is 3.66. The van der Waals surface area contributed by atoms with Gasteiger partial charge in [-0.1, -0.05) is 44.2 Å². The summed E-state index contributed by atoms with van der Waals surface area (Å²) in [6.07, 6.45) is -0.329. The lowest BCUT2D eigenvalue weighted by Crippen LogP contribution is -2.51. The van der Waals surface area contributed by atoms with Gasteiger partial charge in [0.1, 0.15) is 11.6 Å². The second-order valence-electron chi connectivity index (χ2n) is 9.57. The van der Waals surface area contributed by atoms with E-state index in [-0.39, 0.29) is 43.3 Å². The van der Waals surface area contributed by atoms with Gasteiger partial charge in [0, 0.05) is 38.7 Å². The molecular weight excluding hydrogens is 454 g/mol. The Morgan fingerprint density at radius 2 is 1.66 bits per heavy atom. The molecule has 0 bridgehead atoms. The van der Waals surface area contributed by atoms with Crippen molar-refractivity contribution in [1.82, 2.24) is 10.6 Å². The molecule has 0 aliphatic carbocycles. The molecule has 0 saturated heterocycles. The first-order valence-electron chi connectivity index (χ1n) is 11.6. The van der Waals surface area contributed by atoms with Crippen molar-refractivity contribution in [2.24, 2.45) is 16.9 Å². The van der Waals surface area contributed by atoms with E-state index in [2.05, 4.69) is 10.6 Å².